The molecule has 0 saturated carbocycles. The quantitative estimate of drug-likeness (QED) is 0.699. The molecule has 0 unspecified atom stereocenters. The maximum Gasteiger partial charge on any atom is 0.511 e. The number of aryl methyl sites for hydroxylation is 2. The van der Waals surface area contributed by atoms with Crippen LogP contribution in [0.5, 0.6) is 5.75 Å². The van der Waals surface area contributed by atoms with E-state index >= 15 is 0 Å². The van der Waals surface area contributed by atoms with E-state index in [4.69, 9.17) is 5.11 Å². The second-order valence-corrected chi connectivity index (χ2v) is 4.45. The Morgan fingerprint density at radius 3 is 2.95 bits per heavy atom. The smallest absolute Gasteiger partial charge is 0.449 e. The van der Waals surface area contributed by atoms with Crippen LogP contribution in [0.3, 0.4) is 0 Å². The standard InChI is InChI=1S/C13H12N4O3/c1-7-3-4-10-11(8(7)2)16-12(15-10)17-6-9(5-14-17)20-13(18)19/h3-6H,1-2H3,(H,15,16)(H,18,19). The SMILES string of the molecule is Cc1ccc2[nH]c(-n3cc(OC(=O)O)cn3)nc2c1C. The van der Waals surface area contributed by atoms with Gasteiger partial charge in [0.1, 0.15) is 0 Å². The summed E-state index contributed by atoms with van der Waals surface area (Å²) in [6.45, 7) is 4.03. The average Bonchev–Trinajstić information content (AvgIpc) is 2.99. The van der Waals surface area contributed by atoms with Gasteiger partial charge in [-0.2, -0.15) is 5.10 Å². The van der Waals surface area contributed by atoms with Crippen LogP contribution < -0.4 is 4.74 Å². The van der Waals surface area contributed by atoms with E-state index in [2.05, 4.69) is 19.8 Å². The fourth-order valence-corrected chi connectivity index (χ4v) is 1.98. The Morgan fingerprint density at radius 2 is 2.20 bits per heavy atom. The number of nitrogens with zero attached hydrogens (tertiary/aromatic N) is 3. The molecule has 0 aliphatic rings. The van der Waals surface area contributed by atoms with Crippen LogP contribution in [0, 0.1) is 13.8 Å². The van der Waals surface area contributed by atoms with Crippen molar-refractivity contribution in [3.8, 4) is 11.7 Å². The molecule has 3 rings (SSSR count). The predicted octanol–water partition coefficient (Wildman–Crippen LogP) is 2.42. The average molecular weight is 272 g/mol. The topological polar surface area (TPSA) is 93.0 Å². The van der Waals surface area contributed by atoms with E-state index in [0.29, 0.717) is 5.95 Å². The van der Waals surface area contributed by atoms with Crippen molar-refractivity contribution >= 4 is 17.2 Å². The van der Waals surface area contributed by atoms with Gasteiger partial charge in [0.25, 0.3) is 0 Å². The lowest BCUT2D eigenvalue weighted by molar-refractivity contribution is 0.144. The van der Waals surface area contributed by atoms with Gasteiger partial charge in [-0.3, -0.25) is 0 Å². The molecule has 20 heavy (non-hydrogen) atoms. The Balaban J connectivity index is 2.04. The molecule has 0 bridgehead atoms. The van der Waals surface area contributed by atoms with Crippen LogP contribution in [0.4, 0.5) is 4.79 Å². The number of hydrogen-bond acceptors (Lipinski definition) is 4. The molecular formula is C13H12N4O3. The molecule has 0 fully saturated rings. The molecule has 1 aromatic carbocycles. The number of aromatic nitrogens is 4. The van der Waals surface area contributed by atoms with Gasteiger partial charge in [-0.15, -0.1) is 0 Å². The lowest BCUT2D eigenvalue weighted by atomic mass is 10.1. The zero-order valence-corrected chi connectivity index (χ0v) is 10.9. The summed E-state index contributed by atoms with van der Waals surface area (Å²) >= 11 is 0. The van der Waals surface area contributed by atoms with Crippen molar-refractivity contribution < 1.29 is 14.6 Å². The predicted molar refractivity (Wildman–Crippen MR) is 71.3 cm³/mol. The third-order valence-electron chi connectivity index (χ3n) is 3.15. The summed E-state index contributed by atoms with van der Waals surface area (Å²) in [4.78, 5) is 18.1. The van der Waals surface area contributed by atoms with E-state index in [1.807, 2.05) is 26.0 Å². The van der Waals surface area contributed by atoms with Gasteiger partial charge >= 0.3 is 6.16 Å². The zero-order valence-electron chi connectivity index (χ0n) is 10.9. The van der Waals surface area contributed by atoms with Crippen molar-refractivity contribution in [1.29, 1.82) is 0 Å². The molecular weight excluding hydrogens is 260 g/mol. The number of nitrogens with one attached hydrogen (secondary N) is 1. The summed E-state index contributed by atoms with van der Waals surface area (Å²) in [5.74, 6) is 0.653. The molecule has 0 amide bonds. The molecule has 0 aliphatic heterocycles. The molecule has 0 saturated heterocycles. The molecule has 2 N–H and O–H groups in total. The summed E-state index contributed by atoms with van der Waals surface area (Å²) in [5, 5.41) is 12.6. The fraction of sp³-hybridized carbons (Fsp3) is 0.154. The number of benzene rings is 1. The molecule has 0 aliphatic carbocycles. The van der Waals surface area contributed by atoms with Crippen molar-refractivity contribution in [2.75, 3.05) is 0 Å². The normalized spacial score (nSPS) is 10.9. The van der Waals surface area contributed by atoms with Crippen molar-refractivity contribution in [3.63, 3.8) is 0 Å². The molecule has 102 valence electrons. The summed E-state index contributed by atoms with van der Waals surface area (Å²) < 4.78 is 5.96. The van der Waals surface area contributed by atoms with Gasteiger partial charge in [-0.1, -0.05) is 6.07 Å². The van der Waals surface area contributed by atoms with Crippen LogP contribution in [0.1, 0.15) is 11.1 Å². The van der Waals surface area contributed by atoms with E-state index in [0.717, 1.165) is 22.2 Å². The van der Waals surface area contributed by atoms with Crippen LogP contribution in [0.25, 0.3) is 17.0 Å². The largest absolute Gasteiger partial charge is 0.511 e. The molecule has 2 aromatic heterocycles. The summed E-state index contributed by atoms with van der Waals surface area (Å²) in [6, 6.07) is 3.97. The summed E-state index contributed by atoms with van der Waals surface area (Å²) in [6.07, 6.45) is 1.40. The molecule has 0 radical (unpaired) electrons. The number of imidazole rings is 1. The first kappa shape index (κ1) is 12.2. The number of carboxylic acid groups (broad SMARTS) is 1. The van der Waals surface area contributed by atoms with E-state index in [-0.39, 0.29) is 5.75 Å². The minimum atomic E-state index is -1.37. The number of rotatable bonds is 2. The van der Waals surface area contributed by atoms with Gasteiger partial charge in [0.15, 0.2) is 5.75 Å². The zero-order chi connectivity index (χ0) is 14.3. The molecule has 7 nitrogen and oxygen atoms in total. The van der Waals surface area contributed by atoms with E-state index < -0.39 is 6.16 Å². The van der Waals surface area contributed by atoms with Crippen LogP contribution in [-0.4, -0.2) is 31.0 Å². The minimum absolute atomic E-state index is 0.144. The van der Waals surface area contributed by atoms with Crippen LogP contribution in [0.15, 0.2) is 24.5 Å². The van der Waals surface area contributed by atoms with Crippen molar-refractivity contribution in [1.82, 2.24) is 19.7 Å². The number of aromatic amines is 1. The third-order valence-corrected chi connectivity index (χ3v) is 3.15. The number of ether oxygens (including phenoxy) is 1. The van der Waals surface area contributed by atoms with Gasteiger partial charge in [0.2, 0.25) is 5.95 Å². The number of fused-ring (bicyclic) bond motifs is 1. The Hall–Kier alpha value is -2.83. The van der Waals surface area contributed by atoms with Crippen molar-refractivity contribution in [3.05, 3.63) is 35.7 Å². The minimum Gasteiger partial charge on any atom is -0.449 e. The highest BCUT2D eigenvalue weighted by atomic mass is 16.7. The highest BCUT2D eigenvalue weighted by molar-refractivity contribution is 5.80. The lowest BCUT2D eigenvalue weighted by Crippen LogP contribution is -2.02. The first-order valence-corrected chi connectivity index (χ1v) is 5.96. The Bertz CT molecular complexity index is 803. The van der Waals surface area contributed by atoms with Crippen molar-refractivity contribution in [2.24, 2.45) is 0 Å². The molecule has 2 heterocycles. The number of H-pyrrole nitrogens is 1. The second-order valence-electron chi connectivity index (χ2n) is 4.45. The van der Waals surface area contributed by atoms with E-state index in [1.54, 1.807) is 0 Å². The van der Waals surface area contributed by atoms with E-state index in [9.17, 15) is 4.79 Å². The highest BCUT2D eigenvalue weighted by Crippen LogP contribution is 2.21. The van der Waals surface area contributed by atoms with Crippen molar-refractivity contribution in [2.45, 2.75) is 13.8 Å². The number of carbonyl (C=O) groups is 1. The molecule has 3 aromatic rings. The maximum absolute atomic E-state index is 10.5. The van der Waals surface area contributed by atoms with Gasteiger partial charge in [-0.05, 0) is 31.0 Å². The molecule has 7 heteroatoms. The highest BCUT2D eigenvalue weighted by Gasteiger charge is 2.11. The first-order chi connectivity index (χ1) is 9.54. The summed E-state index contributed by atoms with van der Waals surface area (Å²) in [7, 11) is 0. The van der Waals surface area contributed by atoms with Gasteiger partial charge in [-0.25, -0.2) is 14.5 Å². The van der Waals surface area contributed by atoms with Crippen LogP contribution in [0.2, 0.25) is 0 Å². The van der Waals surface area contributed by atoms with Crippen LogP contribution >= 0.6 is 0 Å². The van der Waals surface area contributed by atoms with Gasteiger partial charge < -0.3 is 14.8 Å². The maximum atomic E-state index is 10.5. The third kappa shape index (κ3) is 1.99. The molecule has 0 atom stereocenters. The van der Waals surface area contributed by atoms with Gasteiger partial charge in [0, 0.05) is 0 Å². The molecule has 0 spiro atoms. The van der Waals surface area contributed by atoms with E-state index in [1.165, 1.54) is 17.1 Å². The Morgan fingerprint density at radius 1 is 1.40 bits per heavy atom. The van der Waals surface area contributed by atoms with Crippen LogP contribution in [-0.2, 0) is 0 Å². The fourth-order valence-electron chi connectivity index (χ4n) is 1.98. The second kappa shape index (κ2) is 4.37. The lowest BCUT2D eigenvalue weighted by Gasteiger charge is -1.97. The monoisotopic (exact) mass is 272 g/mol. The number of hydrogen-bond donors (Lipinski definition) is 2. The Labute approximate surface area is 113 Å². The summed E-state index contributed by atoms with van der Waals surface area (Å²) in [5.41, 5.74) is 4.03. The first-order valence-electron chi connectivity index (χ1n) is 5.96. The Kier molecular flexibility index (Phi) is 2.67. The van der Waals surface area contributed by atoms with Gasteiger partial charge in [0.05, 0.1) is 23.4 Å².